The molecule has 0 spiro atoms. The maximum Gasteiger partial charge on any atom is 0.237 e. The Kier molecular flexibility index (Phi) is 5.61. The Hall–Kier alpha value is -1.05. The van der Waals surface area contributed by atoms with Crippen LogP contribution in [0.15, 0.2) is 34.1 Å². The molecule has 0 bridgehead atoms. The second-order valence-electron chi connectivity index (χ2n) is 4.79. The van der Waals surface area contributed by atoms with Crippen molar-refractivity contribution in [1.82, 2.24) is 5.32 Å². The van der Waals surface area contributed by atoms with Crippen molar-refractivity contribution in [2.75, 3.05) is 19.1 Å². The number of nitrogens with two attached hydrogens (primary N) is 1. The number of rotatable bonds is 7. The van der Waals surface area contributed by atoms with Crippen LogP contribution in [0.4, 0.5) is 0 Å². The quantitative estimate of drug-likeness (QED) is 0.734. The van der Waals surface area contributed by atoms with Gasteiger partial charge in [-0.1, -0.05) is 0 Å². The average Bonchev–Trinajstić information content (AvgIpc) is 2.37. The van der Waals surface area contributed by atoms with E-state index in [2.05, 4.69) is 5.32 Å². The number of carbonyl (C=O) groups is 1. The number of primary amides is 1. The second kappa shape index (κ2) is 6.60. The SMILES string of the molecule is CNC(C)(CCSc1ccc(S(C)(=O)=O)cc1)C(N)=O. The van der Waals surface area contributed by atoms with E-state index in [0.29, 0.717) is 17.1 Å². The van der Waals surface area contributed by atoms with E-state index in [4.69, 9.17) is 5.73 Å². The highest BCUT2D eigenvalue weighted by molar-refractivity contribution is 7.99. The first-order valence-corrected chi connectivity index (χ1v) is 8.98. The van der Waals surface area contributed by atoms with Crippen LogP contribution in [0.25, 0.3) is 0 Å². The van der Waals surface area contributed by atoms with Crippen LogP contribution in [0.2, 0.25) is 0 Å². The van der Waals surface area contributed by atoms with Gasteiger partial charge in [-0.15, -0.1) is 11.8 Å². The van der Waals surface area contributed by atoms with E-state index in [-0.39, 0.29) is 5.91 Å². The van der Waals surface area contributed by atoms with Crippen molar-refractivity contribution in [2.24, 2.45) is 5.73 Å². The Bertz CT molecular complexity index is 570. The normalized spacial score (nSPS) is 14.8. The van der Waals surface area contributed by atoms with Crippen LogP contribution in [-0.2, 0) is 14.6 Å². The lowest BCUT2D eigenvalue weighted by atomic mass is 9.99. The molecule has 1 rings (SSSR count). The number of thioether (sulfide) groups is 1. The molecule has 0 saturated carbocycles. The zero-order valence-electron chi connectivity index (χ0n) is 11.8. The Labute approximate surface area is 124 Å². The summed E-state index contributed by atoms with van der Waals surface area (Å²) in [6, 6.07) is 6.70. The molecule has 20 heavy (non-hydrogen) atoms. The molecular formula is C13H20N2O3S2. The summed E-state index contributed by atoms with van der Waals surface area (Å²) < 4.78 is 22.7. The monoisotopic (exact) mass is 316 g/mol. The maximum atomic E-state index is 11.3. The Morgan fingerprint density at radius 1 is 1.35 bits per heavy atom. The van der Waals surface area contributed by atoms with Crippen LogP contribution in [0.3, 0.4) is 0 Å². The number of carbonyl (C=O) groups excluding carboxylic acids is 1. The molecular weight excluding hydrogens is 296 g/mol. The van der Waals surface area contributed by atoms with Gasteiger partial charge >= 0.3 is 0 Å². The Morgan fingerprint density at radius 3 is 2.30 bits per heavy atom. The predicted octanol–water partition coefficient (Wildman–Crippen LogP) is 1.04. The van der Waals surface area contributed by atoms with Crippen LogP contribution >= 0.6 is 11.8 Å². The highest BCUT2D eigenvalue weighted by Gasteiger charge is 2.28. The summed E-state index contributed by atoms with van der Waals surface area (Å²) in [5, 5.41) is 2.93. The smallest absolute Gasteiger partial charge is 0.237 e. The van der Waals surface area contributed by atoms with Gasteiger partial charge in [0.25, 0.3) is 0 Å². The van der Waals surface area contributed by atoms with Crippen molar-refractivity contribution in [3.8, 4) is 0 Å². The van der Waals surface area contributed by atoms with E-state index in [1.54, 1.807) is 50.0 Å². The lowest BCUT2D eigenvalue weighted by Gasteiger charge is -2.25. The standard InChI is InChI=1S/C13H20N2O3S2/c1-13(15-2,12(14)16)8-9-19-10-4-6-11(7-5-10)20(3,17)18/h4-7,15H,8-9H2,1-3H3,(H2,14,16). The first kappa shape index (κ1) is 17.0. The minimum atomic E-state index is -3.16. The average molecular weight is 316 g/mol. The zero-order chi connectivity index (χ0) is 15.4. The maximum absolute atomic E-state index is 11.3. The number of amides is 1. The van der Waals surface area contributed by atoms with Gasteiger partial charge in [-0.05, 0) is 44.7 Å². The third-order valence-corrected chi connectivity index (χ3v) is 5.36. The topological polar surface area (TPSA) is 89.3 Å². The van der Waals surface area contributed by atoms with Crippen molar-refractivity contribution in [3.63, 3.8) is 0 Å². The molecule has 0 aliphatic carbocycles. The predicted molar refractivity (Wildman–Crippen MR) is 81.6 cm³/mol. The van der Waals surface area contributed by atoms with Gasteiger partial charge in [0.05, 0.1) is 10.4 Å². The molecule has 0 aromatic heterocycles. The number of likely N-dealkylation sites (N-methyl/N-ethyl adjacent to an activating group) is 1. The summed E-state index contributed by atoms with van der Waals surface area (Å²) in [7, 11) is -1.45. The number of hydrogen-bond acceptors (Lipinski definition) is 5. The number of hydrogen-bond donors (Lipinski definition) is 2. The van der Waals surface area contributed by atoms with Crippen molar-refractivity contribution in [2.45, 2.75) is 28.7 Å². The lowest BCUT2D eigenvalue weighted by molar-refractivity contribution is -0.123. The number of nitrogens with one attached hydrogen (secondary N) is 1. The molecule has 1 atom stereocenters. The first-order chi connectivity index (χ1) is 9.19. The van der Waals surface area contributed by atoms with Gasteiger partial charge in [0, 0.05) is 16.9 Å². The Balaban J connectivity index is 2.61. The molecule has 0 aliphatic rings. The van der Waals surface area contributed by atoms with Gasteiger partial charge in [-0.3, -0.25) is 4.79 Å². The third kappa shape index (κ3) is 4.50. The molecule has 3 N–H and O–H groups in total. The van der Waals surface area contributed by atoms with E-state index in [1.165, 1.54) is 6.26 Å². The van der Waals surface area contributed by atoms with Crippen LogP contribution in [0.5, 0.6) is 0 Å². The van der Waals surface area contributed by atoms with Gasteiger partial charge in [-0.25, -0.2) is 8.42 Å². The van der Waals surface area contributed by atoms with E-state index in [0.717, 1.165) is 4.90 Å². The van der Waals surface area contributed by atoms with E-state index < -0.39 is 15.4 Å². The lowest BCUT2D eigenvalue weighted by Crippen LogP contribution is -2.51. The van der Waals surface area contributed by atoms with E-state index >= 15 is 0 Å². The van der Waals surface area contributed by atoms with E-state index in [9.17, 15) is 13.2 Å². The molecule has 7 heteroatoms. The fraction of sp³-hybridized carbons (Fsp3) is 0.462. The number of benzene rings is 1. The second-order valence-corrected chi connectivity index (χ2v) is 7.97. The summed E-state index contributed by atoms with van der Waals surface area (Å²) >= 11 is 1.56. The molecule has 1 amide bonds. The summed E-state index contributed by atoms with van der Waals surface area (Å²) in [6.07, 6.45) is 1.78. The molecule has 5 nitrogen and oxygen atoms in total. The van der Waals surface area contributed by atoms with Crippen molar-refractivity contribution >= 4 is 27.5 Å². The number of sulfone groups is 1. The van der Waals surface area contributed by atoms with Crippen molar-refractivity contribution in [3.05, 3.63) is 24.3 Å². The van der Waals surface area contributed by atoms with Gasteiger partial charge in [0.15, 0.2) is 9.84 Å². The molecule has 1 aromatic rings. The highest BCUT2D eigenvalue weighted by atomic mass is 32.2. The molecule has 0 aliphatic heterocycles. The molecule has 1 aromatic carbocycles. The Morgan fingerprint density at radius 2 is 1.90 bits per heavy atom. The van der Waals surface area contributed by atoms with Gasteiger partial charge in [-0.2, -0.15) is 0 Å². The minimum absolute atomic E-state index is 0.305. The van der Waals surface area contributed by atoms with E-state index in [1.807, 2.05) is 0 Å². The third-order valence-electron chi connectivity index (χ3n) is 3.22. The molecule has 112 valence electrons. The van der Waals surface area contributed by atoms with Crippen LogP contribution in [0.1, 0.15) is 13.3 Å². The fourth-order valence-electron chi connectivity index (χ4n) is 1.53. The van der Waals surface area contributed by atoms with Crippen molar-refractivity contribution in [1.29, 1.82) is 0 Å². The van der Waals surface area contributed by atoms with Crippen molar-refractivity contribution < 1.29 is 13.2 Å². The summed E-state index contributed by atoms with van der Waals surface area (Å²) in [4.78, 5) is 12.6. The molecule has 0 saturated heterocycles. The largest absolute Gasteiger partial charge is 0.368 e. The molecule has 0 fully saturated rings. The van der Waals surface area contributed by atoms with Gasteiger partial charge < -0.3 is 11.1 Å². The molecule has 0 radical (unpaired) electrons. The minimum Gasteiger partial charge on any atom is -0.368 e. The first-order valence-electron chi connectivity index (χ1n) is 6.11. The summed E-state index contributed by atoms with van der Waals surface area (Å²) in [6.45, 7) is 1.77. The zero-order valence-corrected chi connectivity index (χ0v) is 13.5. The summed E-state index contributed by atoms with van der Waals surface area (Å²) in [5.41, 5.74) is 4.63. The summed E-state index contributed by atoms with van der Waals surface area (Å²) in [5.74, 6) is 0.325. The van der Waals surface area contributed by atoms with Crippen LogP contribution in [0, 0.1) is 0 Å². The highest BCUT2D eigenvalue weighted by Crippen LogP contribution is 2.23. The molecule has 1 unspecified atom stereocenters. The molecule has 0 heterocycles. The van der Waals surface area contributed by atoms with Crippen LogP contribution in [-0.4, -0.2) is 38.9 Å². The fourth-order valence-corrected chi connectivity index (χ4v) is 3.23. The van der Waals surface area contributed by atoms with Gasteiger partial charge in [0.1, 0.15) is 0 Å². The van der Waals surface area contributed by atoms with Gasteiger partial charge in [0.2, 0.25) is 5.91 Å². The van der Waals surface area contributed by atoms with Crippen LogP contribution < -0.4 is 11.1 Å².